The van der Waals surface area contributed by atoms with Gasteiger partial charge in [0.15, 0.2) is 11.5 Å². The molecule has 0 radical (unpaired) electrons. The molecule has 3 aliphatic rings. The van der Waals surface area contributed by atoms with E-state index in [0.717, 1.165) is 0 Å². The van der Waals surface area contributed by atoms with Crippen LogP contribution in [0, 0.1) is 0 Å². The molecule has 3 heterocycles. The van der Waals surface area contributed by atoms with E-state index in [-0.39, 0.29) is 17.9 Å². The molecule has 0 unspecified atom stereocenters. The van der Waals surface area contributed by atoms with Crippen LogP contribution in [0.3, 0.4) is 0 Å². The third-order valence-electron chi connectivity index (χ3n) is 5.21. The van der Waals surface area contributed by atoms with Crippen LogP contribution in [0.5, 0.6) is 11.5 Å². The van der Waals surface area contributed by atoms with E-state index in [4.69, 9.17) is 14.2 Å². The standard InChI is InChI=1S/C18H23N3O5/c1-19-16(22)13-8-26-18(9-20(13)2)10-21(11-18)17(23)12-4-3-5-14-15(12)25-7-6-24-14/h3-5,13H,6-11H2,1-2H3,(H,19,22)/t13-/m1/s1. The van der Waals surface area contributed by atoms with Crippen LogP contribution in [0.15, 0.2) is 18.2 Å². The Labute approximate surface area is 152 Å². The molecule has 1 spiro atoms. The maximum Gasteiger partial charge on any atom is 0.257 e. The van der Waals surface area contributed by atoms with Gasteiger partial charge in [-0.2, -0.15) is 0 Å². The number of nitrogens with one attached hydrogen (secondary N) is 1. The monoisotopic (exact) mass is 361 g/mol. The van der Waals surface area contributed by atoms with Gasteiger partial charge in [-0.05, 0) is 19.2 Å². The number of ether oxygens (including phenoxy) is 3. The highest BCUT2D eigenvalue weighted by molar-refractivity contribution is 5.98. The molecule has 1 aromatic carbocycles. The first-order chi connectivity index (χ1) is 12.5. The lowest BCUT2D eigenvalue weighted by molar-refractivity contribution is -0.187. The quantitative estimate of drug-likeness (QED) is 0.781. The number of likely N-dealkylation sites (N-methyl/N-ethyl adjacent to an activating group) is 2. The molecule has 3 aliphatic heterocycles. The molecule has 0 aromatic heterocycles. The Kier molecular flexibility index (Phi) is 4.24. The number of benzene rings is 1. The van der Waals surface area contributed by atoms with Gasteiger partial charge in [0.1, 0.15) is 24.9 Å². The van der Waals surface area contributed by atoms with Gasteiger partial charge in [-0.25, -0.2) is 0 Å². The molecule has 0 aliphatic carbocycles. The minimum absolute atomic E-state index is 0.0531. The average Bonchev–Trinajstić information content (AvgIpc) is 2.64. The molecule has 0 bridgehead atoms. The molecule has 26 heavy (non-hydrogen) atoms. The summed E-state index contributed by atoms with van der Waals surface area (Å²) >= 11 is 0. The summed E-state index contributed by atoms with van der Waals surface area (Å²) in [7, 11) is 3.53. The SMILES string of the molecule is CNC(=O)[C@H]1COC2(CN(C(=O)c3cccc4c3OCCO4)C2)CN1C. The lowest BCUT2D eigenvalue weighted by Crippen LogP contribution is -2.73. The Morgan fingerprint density at radius 2 is 1.96 bits per heavy atom. The number of carbonyl (C=O) groups excluding carboxylic acids is 2. The summed E-state index contributed by atoms with van der Waals surface area (Å²) < 4.78 is 17.2. The third kappa shape index (κ3) is 2.79. The maximum atomic E-state index is 12.9. The Balaban J connectivity index is 1.43. The minimum atomic E-state index is -0.402. The molecular formula is C18H23N3O5. The van der Waals surface area contributed by atoms with Crippen molar-refractivity contribution in [3.63, 3.8) is 0 Å². The Hall–Kier alpha value is -2.32. The molecule has 1 N–H and O–H groups in total. The summed E-state index contributed by atoms with van der Waals surface area (Å²) in [4.78, 5) is 28.5. The predicted octanol–water partition coefficient (Wildman–Crippen LogP) is -0.271. The first kappa shape index (κ1) is 17.1. The molecule has 4 rings (SSSR count). The molecule has 8 nitrogen and oxygen atoms in total. The molecule has 2 fully saturated rings. The van der Waals surface area contributed by atoms with E-state index < -0.39 is 5.60 Å². The summed E-state index contributed by atoms with van der Waals surface area (Å²) in [6.07, 6.45) is 0. The summed E-state index contributed by atoms with van der Waals surface area (Å²) in [5.74, 6) is 0.991. The Morgan fingerprint density at radius 3 is 2.69 bits per heavy atom. The van der Waals surface area contributed by atoms with Gasteiger partial charge >= 0.3 is 0 Å². The lowest BCUT2D eigenvalue weighted by Gasteiger charge is -2.54. The van der Waals surface area contributed by atoms with Gasteiger partial charge < -0.3 is 24.4 Å². The normalized spacial score (nSPS) is 24.1. The Bertz CT molecular complexity index is 732. The maximum absolute atomic E-state index is 12.9. The summed E-state index contributed by atoms with van der Waals surface area (Å²) in [5, 5.41) is 2.66. The highest BCUT2D eigenvalue weighted by atomic mass is 16.6. The van der Waals surface area contributed by atoms with Gasteiger partial charge in [0.25, 0.3) is 5.91 Å². The van der Waals surface area contributed by atoms with E-state index in [2.05, 4.69) is 5.32 Å². The second-order valence-corrected chi connectivity index (χ2v) is 7.03. The van der Waals surface area contributed by atoms with Gasteiger partial charge in [-0.3, -0.25) is 14.5 Å². The van der Waals surface area contributed by atoms with Crippen molar-refractivity contribution in [1.29, 1.82) is 0 Å². The molecular weight excluding hydrogens is 338 g/mol. The van der Waals surface area contributed by atoms with Crippen LogP contribution in [-0.4, -0.2) is 86.8 Å². The van der Waals surface area contributed by atoms with Gasteiger partial charge in [0.05, 0.1) is 25.3 Å². The smallest absolute Gasteiger partial charge is 0.257 e. The van der Waals surface area contributed by atoms with Crippen LogP contribution in [0.2, 0.25) is 0 Å². The largest absolute Gasteiger partial charge is 0.486 e. The summed E-state index contributed by atoms with van der Waals surface area (Å²) in [5.41, 5.74) is 0.116. The van der Waals surface area contributed by atoms with Crippen molar-refractivity contribution >= 4 is 11.8 Å². The fraction of sp³-hybridized carbons (Fsp3) is 0.556. The van der Waals surface area contributed by atoms with Crippen molar-refractivity contribution < 1.29 is 23.8 Å². The van der Waals surface area contributed by atoms with Crippen molar-refractivity contribution in [3.8, 4) is 11.5 Å². The molecule has 140 valence electrons. The molecule has 0 saturated carbocycles. The second-order valence-electron chi connectivity index (χ2n) is 7.03. The van der Waals surface area contributed by atoms with Crippen LogP contribution in [0.4, 0.5) is 0 Å². The van der Waals surface area contributed by atoms with Crippen molar-refractivity contribution in [2.75, 3.05) is 53.6 Å². The fourth-order valence-corrected chi connectivity index (χ4v) is 3.83. The molecule has 1 atom stereocenters. The molecule has 1 aromatic rings. The van der Waals surface area contributed by atoms with Gasteiger partial charge in [0, 0.05) is 13.6 Å². The topological polar surface area (TPSA) is 80.3 Å². The van der Waals surface area contributed by atoms with Crippen LogP contribution in [0.25, 0.3) is 0 Å². The average molecular weight is 361 g/mol. The van der Waals surface area contributed by atoms with Crippen molar-refractivity contribution in [3.05, 3.63) is 23.8 Å². The number of para-hydroxylation sites is 1. The number of likely N-dealkylation sites (tertiary alicyclic amines) is 1. The predicted molar refractivity (Wildman–Crippen MR) is 92.5 cm³/mol. The number of hydrogen-bond acceptors (Lipinski definition) is 6. The highest BCUT2D eigenvalue weighted by Gasteiger charge is 2.51. The zero-order valence-corrected chi connectivity index (χ0v) is 15.0. The minimum Gasteiger partial charge on any atom is -0.486 e. The molecule has 2 amide bonds. The molecule has 8 heteroatoms. The first-order valence-electron chi connectivity index (χ1n) is 8.77. The Morgan fingerprint density at radius 1 is 1.19 bits per heavy atom. The van der Waals surface area contributed by atoms with Gasteiger partial charge in [-0.15, -0.1) is 0 Å². The number of nitrogens with zero attached hydrogens (tertiary/aromatic N) is 2. The van der Waals surface area contributed by atoms with E-state index in [1.165, 1.54) is 0 Å². The van der Waals surface area contributed by atoms with E-state index in [1.54, 1.807) is 30.1 Å². The van der Waals surface area contributed by atoms with Crippen LogP contribution in [0.1, 0.15) is 10.4 Å². The van der Waals surface area contributed by atoms with E-state index in [1.807, 2.05) is 11.9 Å². The first-order valence-corrected chi connectivity index (χ1v) is 8.77. The number of rotatable bonds is 2. The van der Waals surface area contributed by atoms with E-state index in [9.17, 15) is 9.59 Å². The van der Waals surface area contributed by atoms with E-state index in [0.29, 0.717) is 56.5 Å². The highest BCUT2D eigenvalue weighted by Crippen LogP contribution is 2.37. The fourth-order valence-electron chi connectivity index (χ4n) is 3.83. The summed E-state index contributed by atoms with van der Waals surface area (Å²) in [6.45, 7) is 2.87. The number of morpholine rings is 1. The zero-order chi connectivity index (χ0) is 18.3. The second kappa shape index (κ2) is 6.44. The van der Waals surface area contributed by atoms with Crippen LogP contribution >= 0.6 is 0 Å². The third-order valence-corrected chi connectivity index (χ3v) is 5.21. The molecule has 2 saturated heterocycles. The van der Waals surface area contributed by atoms with Gasteiger partial charge in [-0.1, -0.05) is 6.07 Å². The van der Waals surface area contributed by atoms with Crippen LogP contribution in [-0.2, 0) is 9.53 Å². The zero-order valence-electron chi connectivity index (χ0n) is 15.0. The number of amides is 2. The number of hydrogen-bond donors (Lipinski definition) is 1. The number of fused-ring (bicyclic) bond motifs is 1. The van der Waals surface area contributed by atoms with Crippen molar-refractivity contribution in [1.82, 2.24) is 15.1 Å². The lowest BCUT2D eigenvalue weighted by atomic mass is 9.89. The number of carbonyl (C=O) groups is 2. The van der Waals surface area contributed by atoms with Crippen molar-refractivity contribution in [2.45, 2.75) is 11.6 Å². The van der Waals surface area contributed by atoms with Crippen LogP contribution < -0.4 is 14.8 Å². The van der Waals surface area contributed by atoms with Crippen molar-refractivity contribution in [2.24, 2.45) is 0 Å². The van der Waals surface area contributed by atoms with Gasteiger partial charge in [0.2, 0.25) is 5.91 Å². The summed E-state index contributed by atoms with van der Waals surface area (Å²) in [6, 6.07) is 5.08. The van der Waals surface area contributed by atoms with E-state index >= 15 is 0 Å².